The molecule has 4 nitrogen and oxygen atoms in total. The Bertz CT molecular complexity index is 433. The van der Waals surface area contributed by atoms with Crippen molar-refractivity contribution in [2.45, 2.75) is 45.5 Å². The zero-order chi connectivity index (χ0) is 14.6. The van der Waals surface area contributed by atoms with Gasteiger partial charge in [0.25, 0.3) is 0 Å². The second kappa shape index (κ2) is 6.27. The number of carbonyl (C=O) groups excluding carboxylic acids is 1. The first-order valence-electron chi connectivity index (χ1n) is 7.14. The summed E-state index contributed by atoms with van der Waals surface area (Å²) in [6.07, 6.45) is 1.14. The van der Waals surface area contributed by atoms with Gasteiger partial charge in [-0.05, 0) is 33.6 Å². The smallest absolute Gasteiger partial charge is 0.412 e. The molecule has 110 valence electrons. The fraction of sp³-hybridized carbons (Fsp3) is 0.562. The van der Waals surface area contributed by atoms with E-state index in [1.807, 2.05) is 51.1 Å². The van der Waals surface area contributed by atoms with Crippen LogP contribution in [0.4, 0.5) is 4.79 Å². The predicted molar refractivity (Wildman–Crippen MR) is 77.3 cm³/mol. The van der Waals surface area contributed by atoms with Crippen LogP contribution in [-0.4, -0.2) is 29.7 Å². The molecule has 1 aliphatic heterocycles. The number of carbonyl (C=O) groups is 1. The molecule has 1 aliphatic rings. The van der Waals surface area contributed by atoms with Crippen LogP contribution < -0.4 is 0 Å². The van der Waals surface area contributed by atoms with Crippen LogP contribution in [0.5, 0.6) is 0 Å². The molecule has 0 N–H and O–H groups in total. The minimum atomic E-state index is -0.663. The van der Waals surface area contributed by atoms with Crippen molar-refractivity contribution in [2.24, 2.45) is 0 Å². The third-order valence-electron chi connectivity index (χ3n) is 3.10. The first-order chi connectivity index (χ1) is 9.46. The standard InChI is InChI=1S/C16H23NO3/c1-16(2,3)20-14(13-9-5-4-6-10-13)19-15(18)17-11-7-8-12-17/h4-6,9-10,14H,7-8,11-12H2,1-3H3. The van der Waals surface area contributed by atoms with Crippen molar-refractivity contribution in [3.05, 3.63) is 35.9 Å². The van der Waals surface area contributed by atoms with Crippen molar-refractivity contribution in [1.29, 1.82) is 0 Å². The molecule has 1 unspecified atom stereocenters. The molecule has 4 heteroatoms. The van der Waals surface area contributed by atoms with Gasteiger partial charge in [0.15, 0.2) is 0 Å². The number of nitrogens with zero attached hydrogens (tertiary/aromatic N) is 1. The van der Waals surface area contributed by atoms with E-state index in [4.69, 9.17) is 9.47 Å². The Labute approximate surface area is 120 Å². The van der Waals surface area contributed by atoms with Crippen molar-refractivity contribution in [1.82, 2.24) is 4.90 Å². The van der Waals surface area contributed by atoms with Crippen LogP contribution in [0.1, 0.15) is 45.5 Å². The maximum absolute atomic E-state index is 12.1. The minimum Gasteiger partial charge on any atom is -0.415 e. The van der Waals surface area contributed by atoms with E-state index in [-0.39, 0.29) is 11.7 Å². The highest BCUT2D eigenvalue weighted by Crippen LogP contribution is 2.26. The summed E-state index contributed by atoms with van der Waals surface area (Å²) in [6.45, 7) is 7.40. The largest absolute Gasteiger partial charge is 0.415 e. The molecule has 2 rings (SSSR count). The molecule has 1 atom stereocenters. The van der Waals surface area contributed by atoms with Crippen LogP contribution in [0.15, 0.2) is 30.3 Å². The third kappa shape index (κ3) is 4.23. The van der Waals surface area contributed by atoms with Gasteiger partial charge in [0.05, 0.1) is 5.60 Å². The molecular weight excluding hydrogens is 254 g/mol. The van der Waals surface area contributed by atoms with Gasteiger partial charge in [0.2, 0.25) is 6.29 Å². The summed E-state index contributed by atoms with van der Waals surface area (Å²) in [7, 11) is 0. The molecule has 1 fully saturated rings. The average Bonchev–Trinajstić information content (AvgIpc) is 2.91. The highest BCUT2D eigenvalue weighted by atomic mass is 16.7. The van der Waals surface area contributed by atoms with Crippen molar-refractivity contribution in [3.63, 3.8) is 0 Å². The summed E-state index contributed by atoms with van der Waals surface area (Å²) in [6, 6.07) is 9.58. The van der Waals surface area contributed by atoms with Gasteiger partial charge in [0, 0.05) is 18.7 Å². The minimum absolute atomic E-state index is 0.291. The average molecular weight is 277 g/mol. The number of hydrogen-bond acceptors (Lipinski definition) is 3. The summed E-state index contributed by atoms with van der Waals surface area (Å²) < 4.78 is 11.4. The second-order valence-electron chi connectivity index (χ2n) is 6.05. The topological polar surface area (TPSA) is 38.8 Å². The van der Waals surface area contributed by atoms with E-state index in [2.05, 4.69) is 0 Å². The summed E-state index contributed by atoms with van der Waals surface area (Å²) >= 11 is 0. The van der Waals surface area contributed by atoms with Crippen LogP contribution in [0.2, 0.25) is 0 Å². The lowest BCUT2D eigenvalue weighted by Crippen LogP contribution is -2.32. The maximum Gasteiger partial charge on any atom is 0.412 e. The van der Waals surface area contributed by atoms with Gasteiger partial charge in [-0.2, -0.15) is 0 Å². The highest BCUT2D eigenvalue weighted by molar-refractivity contribution is 5.68. The van der Waals surface area contributed by atoms with E-state index in [1.165, 1.54) is 0 Å². The zero-order valence-electron chi connectivity index (χ0n) is 12.5. The fourth-order valence-electron chi connectivity index (χ4n) is 2.16. The summed E-state index contributed by atoms with van der Waals surface area (Å²) in [5.41, 5.74) is 0.473. The van der Waals surface area contributed by atoms with Gasteiger partial charge >= 0.3 is 6.09 Å². The van der Waals surface area contributed by atoms with E-state index in [0.29, 0.717) is 0 Å². The normalized spacial score (nSPS) is 17.1. The Kier molecular flexibility index (Phi) is 4.65. The molecule has 1 aromatic rings. The van der Waals surface area contributed by atoms with Gasteiger partial charge in [-0.3, -0.25) is 0 Å². The van der Waals surface area contributed by atoms with E-state index in [1.54, 1.807) is 4.90 Å². The van der Waals surface area contributed by atoms with Crippen molar-refractivity contribution in [3.8, 4) is 0 Å². The third-order valence-corrected chi connectivity index (χ3v) is 3.10. The van der Waals surface area contributed by atoms with Gasteiger partial charge in [-0.1, -0.05) is 30.3 Å². The number of amides is 1. The first-order valence-corrected chi connectivity index (χ1v) is 7.14. The Morgan fingerprint density at radius 2 is 1.75 bits per heavy atom. The molecule has 0 aliphatic carbocycles. The number of ether oxygens (including phenoxy) is 2. The van der Waals surface area contributed by atoms with Crippen LogP contribution in [0, 0.1) is 0 Å². The molecule has 20 heavy (non-hydrogen) atoms. The molecule has 1 aromatic carbocycles. The Morgan fingerprint density at radius 1 is 1.15 bits per heavy atom. The van der Waals surface area contributed by atoms with E-state index in [9.17, 15) is 4.79 Å². The van der Waals surface area contributed by atoms with Gasteiger partial charge < -0.3 is 14.4 Å². The van der Waals surface area contributed by atoms with Crippen LogP contribution in [-0.2, 0) is 9.47 Å². The lowest BCUT2D eigenvalue weighted by atomic mass is 10.1. The van der Waals surface area contributed by atoms with Crippen molar-refractivity contribution >= 4 is 6.09 Å². The lowest BCUT2D eigenvalue weighted by Gasteiger charge is -2.28. The number of rotatable bonds is 3. The second-order valence-corrected chi connectivity index (χ2v) is 6.05. The SMILES string of the molecule is CC(C)(C)OC(OC(=O)N1CCCC1)c1ccccc1. The van der Waals surface area contributed by atoms with E-state index < -0.39 is 6.29 Å². The van der Waals surface area contributed by atoms with Gasteiger partial charge in [0.1, 0.15) is 0 Å². The molecule has 0 bridgehead atoms. The quantitative estimate of drug-likeness (QED) is 0.790. The van der Waals surface area contributed by atoms with Gasteiger partial charge in [-0.25, -0.2) is 4.79 Å². The van der Waals surface area contributed by atoms with Crippen LogP contribution in [0.25, 0.3) is 0 Å². The molecule has 0 aromatic heterocycles. The summed E-state index contributed by atoms with van der Waals surface area (Å²) in [5.74, 6) is 0. The first kappa shape index (κ1) is 14.9. The zero-order valence-corrected chi connectivity index (χ0v) is 12.5. The fourth-order valence-corrected chi connectivity index (χ4v) is 2.16. The maximum atomic E-state index is 12.1. The van der Waals surface area contributed by atoms with Gasteiger partial charge in [-0.15, -0.1) is 0 Å². The van der Waals surface area contributed by atoms with Crippen LogP contribution >= 0.6 is 0 Å². The van der Waals surface area contributed by atoms with E-state index >= 15 is 0 Å². The molecule has 1 saturated heterocycles. The van der Waals surface area contributed by atoms with Crippen molar-refractivity contribution < 1.29 is 14.3 Å². The number of likely N-dealkylation sites (tertiary alicyclic amines) is 1. The molecule has 0 radical (unpaired) electrons. The predicted octanol–water partition coefficient (Wildman–Crippen LogP) is 3.73. The number of hydrogen-bond donors (Lipinski definition) is 0. The van der Waals surface area contributed by atoms with Crippen molar-refractivity contribution in [2.75, 3.05) is 13.1 Å². The molecule has 1 heterocycles. The molecule has 0 spiro atoms. The van der Waals surface area contributed by atoms with Crippen LogP contribution in [0.3, 0.4) is 0 Å². The molecular formula is C16H23NO3. The highest BCUT2D eigenvalue weighted by Gasteiger charge is 2.27. The monoisotopic (exact) mass is 277 g/mol. The van der Waals surface area contributed by atoms with E-state index in [0.717, 1.165) is 31.5 Å². The molecule has 0 saturated carbocycles. The summed E-state index contributed by atoms with van der Waals surface area (Å²) in [4.78, 5) is 13.9. The lowest BCUT2D eigenvalue weighted by molar-refractivity contribution is -0.174. The Morgan fingerprint density at radius 3 is 2.30 bits per heavy atom. The molecule has 1 amide bonds. The Hall–Kier alpha value is -1.55. The Balaban J connectivity index is 2.08. The summed E-state index contributed by atoms with van der Waals surface area (Å²) in [5, 5.41) is 0. The number of benzene rings is 1.